The molecule has 4 rings (SSSR count). The Hall–Kier alpha value is -2.29. The van der Waals surface area contributed by atoms with Crippen molar-refractivity contribution >= 4 is 20.9 Å². The minimum atomic E-state index is -3.90. The first-order valence-electron chi connectivity index (χ1n) is 9.31. The van der Waals surface area contributed by atoms with Gasteiger partial charge in [0.25, 0.3) is 0 Å². The van der Waals surface area contributed by atoms with E-state index in [-0.39, 0.29) is 11.3 Å². The number of benzene rings is 1. The third-order valence-corrected chi connectivity index (χ3v) is 7.06. The third kappa shape index (κ3) is 3.21. The second kappa shape index (κ2) is 6.95. The van der Waals surface area contributed by atoms with Crippen molar-refractivity contribution in [2.75, 3.05) is 0 Å². The maximum absolute atomic E-state index is 13.5. The largest absolute Gasteiger partial charge is 0.393 e. The van der Waals surface area contributed by atoms with Gasteiger partial charge in [-0.25, -0.2) is 13.1 Å². The van der Waals surface area contributed by atoms with Crippen molar-refractivity contribution in [2.24, 2.45) is 0 Å². The zero-order chi connectivity index (χ0) is 19.9. The topological polar surface area (TPSA) is 105 Å². The summed E-state index contributed by atoms with van der Waals surface area (Å²) in [5.41, 5.74) is 0.997. The molecule has 2 atom stereocenters. The number of hydrogen-bond acceptors (Lipinski definition) is 6. The number of nitrogens with zero attached hydrogens (tertiary/aromatic N) is 2. The van der Waals surface area contributed by atoms with E-state index in [0.29, 0.717) is 47.2 Å². The number of sulfonamides is 1. The van der Waals surface area contributed by atoms with Crippen LogP contribution in [0.2, 0.25) is 0 Å². The SMILES string of the molecule is Cc1noc(C)c1[C@@]1(NS(=O)(=O)c2cccc3ncccc23)CCC[C@H](O)C1. The lowest BCUT2D eigenvalue weighted by Crippen LogP contribution is -2.50. The Labute approximate surface area is 163 Å². The number of aromatic nitrogens is 2. The molecule has 148 valence electrons. The molecule has 0 spiro atoms. The molecule has 3 aromatic rings. The minimum Gasteiger partial charge on any atom is -0.393 e. The average molecular weight is 401 g/mol. The van der Waals surface area contributed by atoms with Gasteiger partial charge in [0.05, 0.1) is 27.7 Å². The lowest BCUT2D eigenvalue weighted by Gasteiger charge is -2.40. The molecule has 0 unspecified atom stereocenters. The molecule has 2 heterocycles. The Bertz CT molecular complexity index is 1100. The van der Waals surface area contributed by atoms with E-state index in [2.05, 4.69) is 14.9 Å². The summed E-state index contributed by atoms with van der Waals surface area (Å²) < 4.78 is 35.2. The fraction of sp³-hybridized carbons (Fsp3) is 0.400. The number of aryl methyl sites for hydroxylation is 2. The van der Waals surface area contributed by atoms with Gasteiger partial charge in [-0.1, -0.05) is 11.2 Å². The highest BCUT2D eigenvalue weighted by Crippen LogP contribution is 2.41. The van der Waals surface area contributed by atoms with Gasteiger partial charge in [0.2, 0.25) is 10.0 Å². The molecule has 0 amide bonds. The smallest absolute Gasteiger partial charge is 0.242 e. The number of hydrogen-bond donors (Lipinski definition) is 2. The van der Waals surface area contributed by atoms with Gasteiger partial charge in [-0.15, -0.1) is 0 Å². The lowest BCUT2D eigenvalue weighted by molar-refractivity contribution is 0.0790. The van der Waals surface area contributed by atoms with Gasteiger partial charge >= 0.3 is 0 Å². The molecule has 8 heteroatoms. The lowest BCUT2D eigenvalue weighted by atomic mass is 9.75. The monoisotopic (exact) mass is 401 g/mol. The molecular formula is C20H23N3O4S. The number of fused-ring (bicyclic) bond motifs is 1. The van der Waals surface area contributed by atoms with Crippen LogP contribution in [0.25, 0.3) is 10.9 Å². The van der Waals surface area contributed by atoms with Crippen molar-refractivity contribution in [1.82, 2.24) is 14.9 Å². The molecule has 2 N–H and O–H groups in total. The Morgan fingerprint density at radius 1 is 1.25 bits per heavy atom. The molecule has 1 aliphatic carbocycles. The van der Waals surface area contributed by atoms with Gasteiger partial charge in [-0.05, 0) is 63.8 Å². The molecule has 2 aromatic heterocycles. The summed E-state index contributed by atoms with van der Waals surface area (Å²) in [6.45, 7) is 3.57. The summed E-state index contributed by atoms with van der Waals surface area (Å²) in [4.78, 5) is 4.42. The molecule has 0 bridgehead atoms. The van der Waals surface area contributed by atoms with E-state index in [4.69, 9.17) is 4.52 Å². The van der Waals surface area contributed by atoms with E-state index in [1.54, 1.807) is 50.4 Å². The van der Waals surface area contributed by atoms with Crippen molar-refractivity contribution in [2.45, 2.75) is 56.1 Å². The zero-order valence-electron chi connectivity index (χ0n) is 15.8. The number of aliphatic hydroxyl groups excluding tert-OH is 1. The minimum absolute atomic E-state index is 0.171. The van der Waals surface area contributed by atoms with Crippen molar-refractivity contribution < 1.29 is 18.0 Å². The molecular weight excluding hydrogens is 378 g/mol. The van der Waals surface area contributed by atoms with E-state index in [9.17, 15) is 13.5 Å². The summed E-state index contributed by atoms with van der Waals surface area (Å²) in [6, 6.07) is 8.50. The highest BCUT2D eigenvalue weighted by molar-refractivity contribution is 7.89. The highest BCUT2D eigenvalue weighted by Gasteiger charge is 2.44. The summed E-state index contributed by atoms with van der Waals surface area (Å²) in [5.74, 6) is 0.564. The van der Waals surface area contributed by atoms with Crippen LogP contribution in [-0.2, 0) is 15.6 Å². The number of nitrogens with one attached hydrogen (secondary N) is 1. The van der Waals surface area contributed by atoms with Crippen LogP contribution in [0.1, 0.15) is 42.7 Å². The molecule has 1 aliphatic rings. The van der Waals surface area contributed by atoms with E-state index >= 15 is 0 Å². The van der Waals surface area contributed by atoms with E-state index < -0.39 is 21.7 Å². The van der Waals surface area contributed by atoms with Crippen molar-refractivity contribution in [3.05, 3.63) is 53.5 Å². The molecule has 1 aromatic carbocycles. The molecule has 28 heavy (non-hydrogen) atoms. The van der Waals surface area contributed by atoms with Gasteiger partial charge < -0.3 is 9.63 Å². The quantitative estimate of drug-likeness (QED) is 0.696. The molecule has 0 saturated heterocycles. The Kier molecular flexibility index (Phi) is 4.73. The van der Waals surface area contributed by atoms with Crippen LogP contribution in [0.15, 0.2) is 45.9 Å². The van der Waals surface area contributed by atoms with Crippen LogP contribution in [0.5, 0.6) is 0 Å². The molecule has 0 aliphatic heterocycles. The van der Waals surface area contributed by atoms with Crippen LogP contribution in [0, 0.1) is 13.8 Å². The fourth-order valence-corrected chi connectivity index (χ4v) is 6.04. The highest BCUT2D eigenvalue weighted by atomic mass is 32.2. The summed E-state index contributed by atoms with van der Waals surface area (Å²) in [6.07, 6.45) is 3.22. The number of aliphatic hydroxyl groups is 1. The second-order valence-corrected chi connectivity index (χ2v) is 9.11. The van der Waals surface area contributed by atoms with Crippen LogP contribution in [0.4, 0.5) is 0 Å². The standard InChI is InChI=1S/C20H23N3O4S/c1-13-19(14(2)27-22-13)20(10-4-6-15(24)12-20)23-28(25,26)18-9-3-8-17-16(18)7-5-11-21-17/h3,5,7-9,11,15,23-24H,4,6,10,12H2,1-2H3/t15-,20+/m0/s1. The van der Waals surface area contributed by atoms with Crippen molar-refractivity contribution in [1.29, 1.82) is 0 Å². The molecule has 7 nitrogen and oxygen atoms in total. The Morgan fingerprint density at radius 3 is 2.79 bits per heavy atom. The van der Waals surface area contributed by atoms with E-state index in [1.807, 2.05) is 0 Å². The van der Waals surface area contributed by atoms with Crippen LogP contribution in [0.3, 0.4) is 0 Å². The summed E-state index contributed by atoms with van der Waals surface area (Å²) in [7, 11) is -3.90. The van der Waals surface area contributed by atoms with Crippen LogP contribution < -0.4 is 4.72 Å². The van der Waals surface area contributed by atoms with Crippen LogP contribution in [-0.4, -0.2) is 29.8 Å². The predicted molar refractivity (Wildman–Crippen MR) is 104 cm³/mol. The normalized spacial score (nSPS) is 23.2. The Balaban J connectivity index is 1.85. The first-order chi connectivity index (χ1) is 13.3. The maximum Gasteiger partial charge on any atom is 0.242 e. The van der Waals surface area contributed by atoms with Gasteiger partial charge in [0.15, 0.2) is 0 Å². The predicted octanol–water partition coefficient (Wildman–Crippen LogP) is 2.95. The van der Waals surface area contributed by atoms with Gasteiger partial charge in [0.1, 0.15) is 5.76 Å². The first-order valence-corrected chi connectivity index (χ1v) is 10.8. The van der Waals surface area contributed by atoms with E-state index in [1.165, 1.54) is 0 Å². The van der Waals surface area contributed by atoms with Crippen molar-refractivity contribution in [3.8, 4) is 0 Å². The maximum atomic E-state index is 13.5. The van der Waals surface area contributed by atoms with E-state index in [0.717, 1.165) is 0 Å². The Morgan fingerprint density at radius 2 is 2.07 bits per heavy atom. The number of pyridine rings is 1. The summed E-state index contributed by atoms with van der Waals surface area (Å²) >= 11 is 0. The number of rotatable bonds is 4. The molecule has 1 fully saturated rings. The molecule has 1 saturated carbocycles. The van der Waals surface area contributed by atoms with Gasteiger partial charge in [0, 0.05) is 17.1 Å². The third-order valence-electron chi connectivity index (χ3n) is 5.46. The molecule has 0 radical (unpaired) electrons. The fourth-order valence-electron chi connectivity index (χ4n) is 4.40. The van der Waals surface area contributed by atoms with Crippen LogP contribution >= 0.6 is 0 Å². The van der Waals surface area contributed by atoms with Gasteiger partial charge in [-0.3, -0.25) is 4.98 Å². The average Bonchev–Trinajstić information content (AvgIpc) is 3.00. The van der Waals surface area contributed by atoms with Gasteiger partial charge in [-0.2, -0.15) is 0 Å². The van der Waals surface area contributed by atoms with Crippen molar-refractivity contribution in [3.63, 3.8) is 0 Å². The second-order valence-electron chi connectivity index (χ2n) is 7.46. The summed E-state index contributed by atoms with van der Waals surface area (Å²) in [5, 5.41) is 14.9. The first kappa shape index (κ1) is 19.0. The zero-order valence-corrected chi connectivity index (χ0v) is 16.7.